The summed E-state index contributed by atoms with van der Waals surface area (Å²) in [5.41, 5.74) is -0.257. The summed E-state index contributed by atoms with van der Waals surface area (Å²) < 4.78 is 7.20. The minimum absolute atomic E-state index is 0.157. The van der Waals surface area contributed by atoms with Crippen molar-refractivity contribution in [3.05, 3.63) is 20.8 Å². The lowest BCUT2D eigenvalue weighted by Crippen LogP contribution is -2.24. The van der Waals surface area contributed by atoms with Crippen LogP contribution < -0.4 is 0 Å². The molecule has 0 aromatic carbocycles. The summed E-state index contributed by atoms with van der Waals surface area (Å²) >= 11 is 3.10. The summed E-state index contributed by atoms with van der Waals surface area (Å²) in [6.07, 6.45) is 2.33. The van der Waals surface area contributed by atoms with Crippen LogP contribution in [0.5, 0.6) is 0 Å². The van der Waals surface area contributed by atoms with Gasteiger partial charge < -0.3 is 14.9 Å². The zero-order valence-corrected chi connectivity index (χ0v) is 11.0. The van der Waals surface area contributed by atoms with Gasteiger partial charge in [-0.25, -0.2) is 0 Å². The summed E-state index contributed by atoms with van der Waals surface area (Å²) in [6.45, 7) is 4.49. The molecule has 0 bridgehead atoms. The van der Waals surface area contributed by atoms with Crippen LogP contribution in [0.2, 0.25) is 0 Å². The molecule has 90 valence electrons. The van der Waals surface area contributed by atoms with Crippen molar-refractivity contribution in [2.75, 3.05) is 7.11 Å². The summed E-state index contributed by atoms with van der Waals surface area (Å²) in [7, 11) is 1.64. The lowest BCUT2D eigenvalue weighted by molar-refractivity contribution is -0.390. The molecule has 0 spiro atoms. The van der Waals surface area contributed by atoms with Crippen molar-refractivity contribution >= 4 is 21.7 Å². The molecule has 0 saturated heterocycles. The van der Waals surface area contributed by atoms with E-state index >= 15 is 0 Å². The highest BCUT2D eigenvalue weighted by atomic mass is 79.9. The van der Waals surface area contributed by atoms with Crippen LogP contribution in [0.1, 0.15) is 20.3 Å². The molecule has 6 nitrogen and oxygen atoms in total. The van der Waals surface area contributed by atoms with E-state index in [1.807, 2.05) is 13.8 Å². The van der Waals surface area contributed by atoms with Gasteiger partial charge in [0, 0.05) is 7.11 Å². The van der Waals surface area contributed by atoms with Crippen LogP contribution in [-0.4, -0.2) is 27.4 Å². The highest BCUT2D eigenvalue weighted by Gasteiger charge is 2.21. The first-order valence-electron chi connectivity index (χ1n) is 4.78. The average molecular weight is 292 g/mol. The molecule has 0 fully saturated rings. The average Bonchev–Trinajstić information content (AvgIpc) is 2.57. The van der Waals surface area contributed by atoms with Crippen LogP contribution in [0, 0.1) is 10.1 Å². The summed E-state index contributed by atoms with van der Waals surface area (Å²) in [4.78, 5) is 10.1. The Morgan fingerprint density at radius 2 is 2.31 bits per heavy atom. The van der Waals surface area contributed by atoms with Gasteiger partial charge in [0.2, 0.25) is 0 Å². The Balaban J connectivity index is 2.69. The number of rotatable bonds is 5. The molecule has 7 heteroatoms. The van der Waals surface area contributed by atoms with Gasteiger partial charge in [0.25, 0.3) is 0 Å². The highest BCUT2D eigenvalue weighted by molar-refractivity contribution is 9.10. The maximum Gasteiger partial charge on any atom is 0.404 e. The first-order chi connectivity index (χ1) is 7.35. The molecule has 1 rings (SSSR count). The third-order valence-corrected chi connectivity index (χ3v) is 2.93. The van der Waals surface area contributed by atoms with Gasteiger partial charge in [-0.1, -0.05) is 0 Å². The first-order valence-corrected chi connectivity index (χ1v) is 5.57. The first kappa shape index (κ1) is 13.1. The van der Waals surface area contributed by atoms with Gasteiger partial charge in [-0.3, -0.25) is 0 Å². The van der Waals surface area contributed by atoms with E-state index < -0.39 is 4.92 Å². The number of ether oxygens (including phenoxy) is 1. The maximum absolute atomic E-state index is 10.6. The highest BCUT2D eigenvalue weighted by Crippen LogP contribution is 2.23. The van der Waals surface area contributed by atoms with E-state index in [-0.39, 0.29) is 11.4 Å². The predicted octanol–water partition coefficient (Wildman–Crippen LogP) is 2.37. The Morgan fingerprint density at radius 1 is 1.69 bits per heavy atom. The van der Waals surface area contributed by atoms with Gasteiger partial charge >= 0.3 is 5.82 Å². The maximum atomic E-state index is 10.6. The molecule has 0 aliphatic carbocycles. The van der Waals surface area contributed by atoms with Crippen LogP contribution in [0.25, 0.3) is 0 Å². The molecule has 1 heterocycles. The molecule has 0 atom stereocenters. The van der Waals surface area contributed by atoms with Gasteiger partial charge in [-0.15, -0.1) is 0 Å². The van der Waals surface area contributed by atoms with Crippen molar-refractivity contribution in [1.29, 1.82) is 0 Å². The summed E-state index contributed by atoms with van der Waals surface area (Å²) in [5, 5.41) is 14.4. The lowest BCUT2D eigenvalue weighted by Gasteiger charge is -2.21. The molecular formula is C9H14BrN3O3. The predicted molar refractivity (Wildman–Crippen MR) is 62.3 cm³/mol. The Kier molecular flexibility index (Phi) is 4.03. The third-order valence-electron chi connectivity index (χ3n) is 2.37. The van der Waals surface area contributed by atoms with E-state index in [0.29, 0.717) is 11.0 Å². The number of methoxy groups -OCH3 is 1. The number of aryl methyl sites for hydroxylation is 1. The van der Waals surface area contributed by atoms with Crippen molar-refractivity contribution in [3.63, 3.8) is 0 Å². The van der Waals surface area contributed by atoms with Gasteiger partial charge in [-0.05, 0) is 41.1 Å². The standard InChI is InChI=1S/C9H14BrN3O3/c1-9(2,16-3)4-5-12-6-7(10)8(11-12)13(14)15/h6H,4-5H2,1-3H3. The molecule has 1 aromatic heterocycles. The van der Waals surface area contributed by atoms with E-state index in [2.05, 4.69) is 21.0 Å². The largest absolute Gasteiger partial charge is 0.404 e. The van der Waals surface area contributed by atoms with Gasteiger partial charge in [0.1, 0.15) is 4.47 Å². The minimum Gasteiger partial charge on any atom is -0.379 e. The van der Waals surface area contributed by atoms with Crippen LogP contribution >= 0.6 is 15.9 Å². The van der Waals surface area contributed by atoms with Crippen molar-refractivity contribution in [2.24, 2.45) is 0 Å². The number of hydrogen-bond donors (Lipinski definition) is 0. The number of nitrogens with zero attached hydrogens (tertiary/aromatic N) is 3. The monoisotopic (exact) mass is 291 g/mol. The Labute approximate surface area is 102 Å². The number of nitro groups is 1. The van der Waals surface area contributed by atoms with E-state index in [4.69, 9.17) is 4.74 Å². The fourth-order valence-corrected chi connectivity index (χ4v) is 1.57. The van der Waals surface area contributed by atoms with Crippen molar-refractivity contribution in [1.82, 2.24) is 9.78 Å². The molecular weight excluding hydrogens is 278 g/mol. The molecule has 16 heavy (non-hydrogen) atoms. The zero-order valence-electron chi connectivity index (χ0n) is 9.44. The quantitative estimate of drug-likeness (QED) is 0.617. The van der Waals surface area contributed by atoms with Crippen molar-refractivity contribution in [3.8, 4) is 0 Å². The molecule has 0 N–H and O–H groups in total. The minimum atomic E-state index is -0.512. The number of hydrogen-bond acceptors (Lipinski definition) is 4. The number of aromatic nitrogens is 2. The topological polar surface area (TPSA) is 70.2 Å². The molecule has 0 aliphatic rings. The molecule has 0 aliphatic heterocycles. The lowest BCUT2D eigenvalue weighted by atomic mass is 10.1. The Bertz CT molecular complexity index is 389. The smallest absolute Gasteiger partial charge is 0.379 e. The van der Waals surface area contributed by atoms with Crippen molar-refractivity contribution < 1.29 is 9.66 Å². The van der Waals surface area contributed by atoms with Crippen LogP contribution in [-0.2, 0) is 11.3 Å². The molecule has 1 aromatic rings. The van der Waals surface area contributed by atoms with Crippen LogP contribution in [0.4, 0.5) is 5.82 Å². The van der Waals surface area contributed by atoms with Gasteiger partial charge in [0.15, 0.2) is 0 Å². The van der Waals surface area contributed by atoms with E-state index in [0.717, 1.165) is 6.42 Å². The normalized spacial score (nSPS) is 11.8. The Morgan fingerprint density at radius 3 is 2.75 bits per heavy atom. The Hall–Kier alpha value is -0.950. The molecule has 0 amide bonds. The van der Waals surface area contributed by atoms with Gasteiger partial charge in [-0.2, -0.15) is 4.68 Å². The van der Waals surface area contributed by atoms with Crippen molar-refractivity contribution in [2.45, 2.75) is 32.4 Å². The molecule has 0 saturated carbocycles. The third kappa shape index (κ3) is 3.28. The van der Waals surface area contributed by atoms with E-state index in [1.165, 1.54) is 0 Å². The second-order valence-corrected chi connectivity index (χ2v) is 4.89. The fourth-order valence-electron chi connectivity index (χ4n) is 1.11. The summed E-state index contributed by atoms with van der Waals surface area (Å²) in [5.74, 6) is -0.157. The fraction of sp³-hybridized carbons (Fsp3) is 0.667. The summed E-state index contributed by atoms with van der Waals surface area (Å²) in [6, 6.07) is 0. The zero-order chi connectivity index (χ0) is 12.3. The molecule has 0 unspecified atom stereocenters. The van der Waals surface area contributed by atoms with Gasteiger partial charge in [0.05, 0.1) is 23.4 Å². The SMILES string of the molecule is COC(C)(C)CCn1cc(Br)c([N+](=O)[O-])n1. The van der Waals surface area contributed by atoms with Crippen LogP contribution in [0.3, 0.4) is 0 Å². The second-order valence-electron chi connectivity index (χ2n) is 4.03. The second kappa shape index (κ2) is 4.92. The van der Waals surface area contributed by atoms with E-state index in [9.17, 15) is 10.1 Å². The van der Waals surface area contributed by atoms with E-state index in [1.54, 1.807) is 18.0 Å². The molecule has 0 radical (unpaired) electrons. The van der Waals surface area contributed by atoms with Crippen LogP contribution in [0.15, 0.2) is 10.7 Å². The number of halogens is 1.